The molecule has 0 spiro atoms. The summed E-state index contributed by atoms with van der Waals surface area (Å²) in [6, 6.07) is 21.1. The number of para-hydroxylation sites is 2. The Bertz CT molecular complexity index is 1300. The van der Waals surface area contributed by atoms with Gasteiger partial charge < -0.3 is 10.3 Å². The molecule has 3 aromatic carbocycles. The van der Waals surface area contributed by atoms with Gasteiger partial charge in [-0.1, -0.05) is 23.9 Å². The summed E-state index contributed by atoms with van der Waals surface area (Å²) in [6.07, 6.45) is 0. The maximum Gasteiger partial charge on any atom is 0.255 e. The van der Waals surface area contributed by atoms with E-state index in [2.05, 4.69) is 15.3 Å². The molecule has 0 radical (unpaired) electrons. The van der Waals surface area contributed by atoms with Crippen LogP contribution in [0.3, 0.4) is 0 Å². The second-order valence-corrected chi connectivity index (χ2v) is 10.2. The lowest BCUT2D eigenvalue weighted by atomic mass is 10.2. The average Bonchev–Trinajstić information content (AvgIpc) is 3.17. The lowest BCUT2D eigenvalue weighted by molar-refractivity contribution is 0.102. The molecule has 0 bridgehead atoms. The van der Waals surface area contributed by atoms with E-state index < -0.39 is 10.0 Å². The van der Waals surface area contributed by atoms with Crippen LogP contribution in [0.15, 0.2) is 87.7 Å². The summed E-state index contributed by atoms with van der Waals surface area (Å²) in [7, 11) is -0.597. The zero-order valence-corrected chi connectivity index (χ0v) is 18.5. The van der Waals surface area contributed by atoms with Gasteiger partial charge in [0.1, 0.15) is 0 Å². The molecule has 158 valence electrons. The standard InChI is InChI=1S/C22H20N4O3S2/c1-26(2)31(28,29)18-13-7-15(8-14-18)21(27)23-16-9-11-17(12-10-16)30-22-24-19-5-3-4-6-20(19)25-22/h3-14H,1-2H3,(H,23,27)(H,24,25). The van der Waals surface area contributed by atoms with E-state index in [0.29, 0.717) is 11.3 Å². The Morgan fingerprint density at radius 3 is 2.29 bits per heavy atom. The molecule has 1 aromatic heterocycles. The predicted octanol–water partition coefficient (Wildman–Crippen LogP) is 4.22. The van der Waals surface area contributed by atoms with E-state index in [4.69, 9.17) is 0 Å². The Hall–Kier alpha value is -3.14. The highest BCUT2D eigenvalue weighted by atomic mass is 32.2. The second-order valence-electron chi connectivity index (χ2n) is 6.95. The Labute approximate surface area is 184 Å². The molecule has 0 aliphatic heterocycles. The number of fused-ring (bicyclic) bond motifs is 1. The van der Waals surface area contributed by atoms with Crippen molar-refractivity contribution >= 4 is 44.4 Å². The monoisotopic (exact) mass is 452 g/mol. The van der Waals surface area contributed by atoms with Gasteiger partial charge in [-0.15, -0.1) is 0 Å². The van der Waals surface area contributed by atoms with Gasteiger partial charge in [0, 0.05) is 30.2 Å². The predicted molar refractivity (Wildman–Crippen MR) is 122 cm³/mol. The van der Waals surface area contributed by atoms with Crippen LogP contribution < -0.4 is 5.32 Å². The van der Waals surface area contributed by atoms with E-state index in [1.807, 2.05) is 48.5 Å². The first kappa shape index (κ1) is 21.1. The van der Waals surface area contributed by atoms with Crippen molar-refractivity contribution in [3.8, 4) is 0 Å². The summed E-state index contributed by atoms with van der Waals surface area (Å²) in [6.45, 7) is 0. The smallest absolute Gasteiger partial charge is 0.255 e. The number of sulfonamides is 1. The number of carbonyl (C=O) groups excluding carboxylic acids is 1. The minimum atomic E-state index is -3.53. The molecule has 0 saturated carbocycles. The van der Waals surface area contributed by atoms with E-state index >= 15 is 0 Å². The zero-order valence-electron chi connectivity index (χ0n) is 16.9. The Morgan fingerprint density at radius 2 is 1.65 bits per heavy atom. The topological polar surface area (TPSA) is 95.2 Å². The van der Waals surface area contributed by atoms with Crippen LogP contribution in [-0.2, 0) is 10.0 Å². The molecule has 0 aliphatic carbocycles. The highest BCUT2D eigenvalue weighted by Gasteiger charge is 2.17. The first-order valence-corrected chi connectivity index (χ1v) is 11.7. The van der Waals surface area contributed by atoms with Gasteiger partial charge in [0.05, 0.1) is 15.9 Å². The molecule has 4 rings (SSSR count). The average molecular weight is 453 g/mol. The number of carbonyl (C=O) groups is 1. The third-order valence-corrected chi connectivity index (χ3v) is 7.31. The number of nitrogens with zero attached hydrogens (tertiary/aromatic N) is 2. The van der Waals surface area contributed by atoms with Gasteiger partial charge in [-0.25, -0.2) is 17.7 Å². The number of hydrogen-bond donors (Lipinski definition) is 2. The van der Waals surface area contributed by atoms with E-state index in [-0.39, 0.29) is 10.8 Å². The second kappa shape index (κ2) is 8.54. The summed E-state index contributed by atoms with van der Waals surface area (Å²) in [5, 5.41) is 3.62. The summed E-state index contributed by atoms with van der Waals surface area (Å²) in [4.78, 5) is 21.4. The largest absolute Gasteiger partial charge is 0.333 e. The van der Waals surface area contributed by atoms with Gasteiger partial charge >= 0.3 is 0 Å². The Kier molecular flexibility index (Phi) is 5.81. The Morgan fingerprint density at radius 1 is 0.968 bits per heavy atom. The third kappa shape index (κ3) is 4.63. The highest BCUT2D eigenvalue weighted by Crippen LogP contribution is 2.28. The number of nitrogens with one attached hydrogen (secondary N) is 2. The van der Waals surface area contributed by atoms with E-state index in [1.54, 1.807) is 0 Å². The molecule has 2 N–H and O–H groups in total. The highest BCUT2D eigenvalue weighted by molar-refractivity contribution is 7.99. The van der Waals surface area contributed by atoms with Crippen LogP contribution in [0.1, 0.15) is 10.4 Å². The molecule has 4 aromatic rings. The van der Waals surface area contributed by atoms with Gasteiger partial charge in [-0.05, 0) is 60.7 Å². The van der Waals surface area contributed by atoms with Crippen LogP contribution in [0.4, 0.5) is 5.69 Å². The number of anilines is 1. The summed E-state index contributed by atoms with van der Waals surface area (Å²) in [5.74, 6) is -0.313. The van der Waals surface area contributed by atoms with Crippen LogP contribution in [0.2, 0.25) is 0 Å². The minimum Gasteiger partial charge on any atom is -0.333 e. The van der Waals surface area contributed by atoms with Gasteiger partial charge in [-0.2, -0.15) is 0 Å². The molecule has 1 heterocycles. The summed E-state index contributed by atoms with van der Waals surface area (Å²) in [5.41, 5.74) is 2.92. The molecule has 7 nitrogen and oxygen atoms in total. The van der Waals surface area contributed by atoms with Crippen LogP contribution in [0, 0.1) is 0 Å². The molecule has 1 amide bonds. The summed E-state index contributed by atoms with van der Waals surface area (Å²) < 4.78 is 25.4. The molecule has 0 aliphatic rings. The first-order chi connectivity index (χ1) is 14.8. The van der Waals surface area contributed by atoms with Crippen molar-refractivity contribution < 1.29 is 13.2 Å². The van der Waals surface area contributed by atoms with Crippen molar-refractivity contribution in [3.05, 3.63) is 78.4 Å². The fourth-order valence-electron chi connectivity index (χ4n) is 2.89. The molecular weight excluding hydrogens is 432 g/mol. The number of benzene rings is 3. The van der Waals surface area contributed by atoms with Crippen LogP contribution in [0.25, 0.3) is 11.0 Å². The molecule has 31 heavy (non-hydrogen) atoms. The summed E-state index contributed by atoms with van der Waals surface area (Å²) >= 11 is 1.50. The number of amides is 1. The molecule has 0 fully saturated rings. The number of imidazole rings is 1. The van der Waals surface area contributed by atoms with Crippen molar-refractivity contribution in [1.29, 1.82) is 0 Å². The molecule has 0 saturated heterocycles. The van der Waals surface area contributed by atoms with Gasteiger partial charge in [0.15, 0.2) is 5.16 Å². The minimum absolute atomic E-state index is 0.140. The Balaban J connectivity index is 1.42. The van der Waals surface area contributed by atoms with Crippen molar-refractivity contribution in [2.24, 2.45) is 0 Å². The normalized spacial score (nSPS) is 11.7. The fourth-order valence-corrected chi connectivity index (χ4v) is 4.59. The maximum absolute atomic E-state index is 12.5. The molecular formula is C22H20N4O3S2. The van der Waals surface area contributed by atoms with Crippen molar-refractivity contribution in [1.82, 2.24) is 14.3 Å². The van der Waals surface area contributed by atoms with E-state index in [0.717, 1.165) is 25.4 Å². The first-order valence-electron chi connectivity index (χ1n) is 9.39. The number of hydrogen-bond acceptors (Lipinski definition) is 5. The van der Waals surface area contributed by atoms with Crippen molar-refractivity contribution in [2.75, 3.05) is 19.4 Å². The van der Waals surface area contributed by atoms with Gasteiger partial charge in [-0.3, -0.25) is 4.79 Å². The van der Waals surface area contributed by atoms with E-state index in [9.17, 15) is 13.2 Å². The van der Waals surface area contributed by atoms with Crippen LogP contribution in [0.5, 0.6) is 0 Å². The quantitative estimate of drug-likeness (QED) is 0.457. The molecule has 9 heteroatoms. The lowest BCUT2D eigenvalue weighted by Gasteiger charge is -2.11. The van der Waals surface area contributed by atoms with Gasteiger partial charge in [0.25, 0.3) is 5.91 Å². The fraction of sp³-hybridized carbons (Fsp3) is 0.0909. The third-order valence-electron chi connectivity index (χ3n) is 4.59. The molecule has 0 atom stereocenters. The maximum atomic E-state index is 12.5. The van der Waals surface area contributed by atoms with Crippen LogP contribution >= 0.6 is 11.8 Å². The number of H-pyrrole nitrogens is 1. The van der Waals surface area contributed by atoms with Crippen LogP contribution in [-0.4, -0.2) is 42.7 Å². The van der Waals surface area contributed by atoms with Crippen molar-refractivity contribution in [2.45, 2.75) is 14.9 Å². The lowest BCUT2D eigenvalue weighted by Crippen LogP contribution is -2.22. The van der Waals surface area contributed by atoms with Crippen molar-refractivity contribution in [3.63, 3.8) is 0 Å². The number of rotatable bonds is 6. The van der Waals surface area contributed by atoms with Gasteiger partial charge in [0.2, 0.25) is 10.0 Å². The number of aromatic nitrogens is 2. The number of aromatic amines is 1. The van der Waals surface area contributed by atoms with E-state index in [1.165, 1.54) is 50.1 Å². The SMILES string of the molecule is CN(C)S(=O)(=O)c1ccc(C(=O)Nc2ccc(Sc3nc4ccccc4[nH]3)cc2)cc1. The zero-order chi connectivity index (χ0) is 22.0. The molecule has 0 unspecified atom stereocenters.